The van der Waals surface area contributed by atoms with E-state index in [9.17, 15) is 5.26 Å². The lowest BCUT2D eigenvalue weighted by Crippen LogP contribution is -2.13. The lowest BCUT2D eigenvalue weighted by Gasteiger charge is -2.22. The third-order valence-corrected chi connectivity index (χ3v) is 12.6. The van der Waals surface area contributed by atoms with Crippen LogP contribution < -0.4 is 0 Å². The molecule has 0 amide bonds. The standard InChI is InChI=1S/C52H32F3N5/c1-57-42-18-7-3-14-32(42)36-22-24-38-34-16-5-9-20-44(34)59(50(38)48(36)57)46-28-41(52(53,54)55)47(27-40(46)31-13-11-12-30(26-31)29-56)60-45-21-10-6-17-35(45)39-25-23-37-33-15-4-8-19-43(33)58(2)49(37)51(39)60/h3-28H,1-2H3. The Morgan fingerprint density at radius 1 is 0.433 bits per heavy atom. The van der Waals surface area contributed by atoms with Gasteiger partial charge in [-0.1, -0.05) is 109 Å². The maximum Gasteiger partial charge on any atom is 0.418 e. The second kappa shape index (κ2) is 12.1. The van der Waals surface area contributed by atoms with Crippen molar-refractivity contribution >= 4 is 87.2 Å². The summed E-state index contributed by atoms with van der Waals surface area (Å²) < 4.78 is 56.9. The number of halogens is 3. The molecule has 0 radical (unpaired) electrons. The molecule has 4 heterocycles. The Hall–Kier alpha value is -7.76. The summed E-state index contributed by atoms with van der Waals surface area (Å²) in [4.78, 5) is 0. The SMILES string of the molecule is Cn1c2ccccc2c2ccc3c4ccccc4n(-c4cc(C(F)(F)F)c(-n5c6ccccc6c6ccc7c8ccccc8n(C)c7c65)cc4-c4cccc(C#N)c4)c3c21. The van der Waals surface area contributed by atoms with E-state index in [-0.39, 0.29) is 5.69 Å². The molecule has 8 heteroatoms. The van der Waals surface area contributed by atoms with Gasteiger partial charge >= 0.3 is 6.18 Å². The Morgan fingerprint density at radius 2 is 0.867 bits per heavy atom. The number of aryl methyl sites for hydroxylation is 2. The second-order valence-corrected chi connectivity index (χ2v) is 15.7. The minimum absolute atomic E-state index is 0.00286. The normalized spacial score (nSPS) is 12.4. The number of aromatic nitrogens is 4. The zero-order chi connectivity index (χ0) is 40.6. The molecule has 0 aliphatic rings. The highest BCUT2D eigenvalue weighted by Gasteiger charge is 2.37. The van der Waals surface area contributed by atoms with Crippen molar-refractivity contribution in [2.45, 2.75) is 6.18 Å². The molecule has 4 aromatic heterocycles. The number of fused-ring (bicyclic) bond motifs is 14. The van der Waals surface area contributed by atoms with E-state index < -0.39 is 11.7 Å². The van der Waals surface area contributed by atoms with E-state index in [1.807, 2.05) is 114 Å². The lowest BCUT2D eigenvalue weighted by atomic mass is 9.97. The van der Waals surface area contributed by atoms with Crippen molar-refractivity contribution in [2.75, 3.05) is 0 Å². The number of hydrogen-bond acceptors (Lipinski definition) is 1. The van der Waals surface area contributed by atoms with Crippen LogP contribution in [0.3, 0.4) is 0 Å². The maximum atomic E-state index is 16.3. The van der Waals surface area contributed by atoms with Crippen molar-refractivity contribution in [2.24, 2.45) is 14.1 Å². The van der Waals surface area contributed by atoms with Gasteiger partial charge in [0.15, 0.2) is 0 Å². The number of nitriles is 1. The first-order valence-electron chi connectivity index (χ1n) is 19.8. The fourth-order valence-corrected chi connectivity index (χ4v) is 10.1. The second-order valence-electron chi connectivity index (χ2n) is 15.7. The van der Waals surface area contributed by atoms with Gasteiger partial charge in [-0.15, -0.1) is 0 Å². The van der Waals surface area contributed by atoms with Gasteiger partial charge in [-0.25, -0.2) is 0 Å². The molecule has 5 nitrogen and oxygen atoms in total. The van der Waals surface area contributed by atoms with Crippen LogP contribution in [-0.4, -0.2) is 18.3 Å². The average molecular weight is 784 g/mol. The summed E-state index contributed by atoms with van der Waals surface area (Å²) in [5, 5.41) is 17.8. The lowest BCUT2D eigenvalue weighted by molar-refractivity contribution is -0.137. The van der Waals surface area contributed by atoms with E-state index in [0.717, 1.165) is 76.2 Å². The molecule has 12 aromatic rings. The van der Waals surface area contributed by atoms with Crippen molar-refractivity contribution < 1.29 is 13.2 Å². The zero-order valence-electron chi connectivity index (χ0n) is 32.4. The Balaban J connectivity index is 1.30. The third-order valence-electron chi connectivity index (χ3n) is 12.6. The smallest absolute Gasteiger partial charge is 0.342 e. The minimum atomic E-state index is -4.77. The predicted molar refractivity (Wildman–Crippen MR) is 238 cm³/mol. The van der Waals surface area contributed by atoms with Crippen LogP contribution in [0.2, 0.25) is 0 Å². The van der Waals surface area contributed by atoms with Crippen LogP contribution >= 0.6 is 0 Å². The Morgan fingerprint density at radius 3 is 1.35 bits per heavy atom. The summed E-state index contributed by atoms with van der Waals surface area (Å²) in [5.41, 5.74) is 7.90. The molecular weight excluding hydrogens is 752 g/mol. The van der Waals surface area contributed by atoms with Crippen molar-refractivity contribution in [1.29, 1.82) is 5.26 Å². The van der Waals surface area contributed by atoms with Gasteiger partial charge in [0.25, 0.3) is 0 Å². The number of alkyl halides is 3. The number of rotatable bonds is 3. The van der Waals surface area contributed by atoms with Gasteiger partial charge in [-0.05, 0) is 54.1 Å². The van der Waals surface area contributed by atoms with Crippen LogP contribution in [0.15, 0.2) is 158 Å². The summed E-state index contributed by atoms with van der Waals surface area (Å²) in [6.07, 6.45) is -4.77. The average Bonchev–Trinajstić information content (AvgIpc) is 3.98. The number of hydrogen-bond donors (Lipinski definition) is 0. The van der Waals surface area contributed by atoms with Crippen LogP contribution in [0.5, 0.6) is 0 Å². The highest BCUT2D eigenvalue weighted by Crippen LogP contribution is 2.48. The van der Waals surface area contributed by atoms with Crippen molar-refractivity contribution in [3.8, 4) is 28.6 Å². The van der Waals surface area contributed by atoms with Gasteiger partial charge in [0.2, 0.25) is 0 Å². The molecule has 0 N–H and O–H groups in total. The molecule has 0 bridgehead atoms. The molecule has 0 unspecified atom stereocenters. The molecule has 0 aliphatic heterocycles. The molecule has 0 saturated heterocycles. The third kappa shape index (κ3) is 4.52. The molecule has 0 aliphatic carbocycles. The van der Waals surface area contributed by atoms with Crippen LogP contribution in [-0.2, 0) is 20.3 Å². The molecule has 0 spiro atoms. The van der Waals surface area contributed by atoms with Gasteiger partial charge in [0.05, 0.1) is 61.7 Å². The Bertz CT molecular complexity index is 3860. The van der Waals surface area contributed by atoms with Gasteiger partial charge in [-0.3, -0.25) is 0 Å². The van der Waals surface area contributed by atoms with Gasteiger partial charge in [0.1, 0.15) is 0 Å². The molecule has 60 heavy (non-hydrogen) atoms. The van der Waals surface area contributed by atoms with E-state index in [1.165, 1.54) is 6.07 Å². The fourth-order valence-electron chi connectivity index (χ4n) is 10.1. The summed E-state index contributed by atoms with van der Waals surface area (Å²) in [5.74, 6) is 0. The van der Waals surface area contributed by atoms with E-state index >= 15 is 13.2 Å². The maximum absolute atomic E-state index is 16.3. The predicted octanol–water partition coefficient (Wildman–Crippen LogP) is 13.7. The highest BCUT2D eigenvalue weighted by atomic mass is 19.4. The van der Waals surface area contributed by atoms with Crippen molar-refractivity contribution in [1.82, 2.24) is 18.3 Å². The molecule has 0 saturated carbocycles. The number of para-hydroxylation sites is 4. The number of nitrogens with zero attached hydrogens (tertiary/aromatic N) is 5. The summed E-state index contributed by atoms with van der Waals surface area (Å²) in [6.45, 7) is 0. The van der Waals surface area contributed by atoms with Crippen molar-refractivity contribution in [3.63, 3.8) is 0 Å². The van der Waals surface area contributed by atoms with Gasteiger partial charge in [0, 0.05) is 73.8 Å². The van der Waals surface area contributed by atoms with E-state index in [2.05, 4.69) is 51.6 Å². The van der Waals surface area contributed by atoms with E-state index in [1.54, 1.807) is 24.3 Å². The molecular formula is C52H32F3N5. The molecule has 0 atom stereocenters. The Kier molecular flexibility index (Phi) is 6.94. The zero-order valence-corrected chi connectivity index (χ0v) is 32.4. The van der Waals surface area contributed by atoms with Gasteiger partial charge in [-0.2, -0.15) is 18.4 Å². The molecule has 12 rings (SSSR count). The first-order valence-corrected chi connectivity index (χ1v) is 19.8. The molecule has 286 valence electrons. The first-order chi connectivity index (χ1) is 29.2. The molecule has 8 aromatic carbocycles. The van der Waals surface area contributed by atoms with Gasteiger partial charge < -0.3 is 18.3 Å². The fraction of sp³-hybridized carbons (Fsp3) is 0.0577. The first kappa shape index (κ1) is 34.3. The Labute approximate surface area is 340 Å². The topological polar surface area (TPSA) is 43.5 Å². The van der Waals surface area contributed by atoms with Crippen LogP contribution in [0.1, 0.15) is 11.1 Å². The van der Waals surface area contributed by atoms with Crippen molar-refractivity contribution in [3.05, 3.63) is 169 Å². The van der Waals surface area contributed by atoms with E-state index in [0.29, 0.717) is 33.4 Å². The summed E-state index contributed by atoms with van der Waals surface area (Å²) >= 11 is 0. The largest absolute Gasteiger partial charge is 0.418 e. The van der Waals surface area contributed by atoms with Crippen LogP contribution in [0, 0.1) is 11.3 Å². The molecule has 0 fully saturated rings. The minimum Gasteiger partial charge on any atom is -0.342 e. The summed E-state index contributed by atoms with van der Waals surface area (Å²) in [6, 6.07) is 52.6. The highest BCUT2D eigenvalue weighted by molar-refractivity contribution is 6.25. The van der Waals surface area contributed by atoms with Crippen LogP contribution in [0.25, 0.3) is 110 Å². The quantitative estimate of drug-likeness (QED) is 0.176. The van der Waals surface area contributed by atoms with E-state index in [4.69, 9.17) is 0 Å². The summed E-state index contributed by atoms with van der Waals surface area (Å²) in [7, 11) is 4.00. The van der Waals surface area contributed by atoms with Crippen LogP contribution in [0.4, 0.5) is 13.2 Å². The number of benzene rings is 8. The monoisotopic (exact) mass is 783 g/mol.